The standard InChI is InChI=1S/C9H17N3O/c1-2-11-5-9-4-6(9)3-7(12-9)8(10)13/h6-7,11-12H,2-5H2,1H3,(H2,10,13). The van der Waals surface area contributed by atoms with Crippen molar-refractivity contribution in [3.8, 4) is 0 Å². The number of carbonyl (C=O) groups is 1. The number of carbonyl (C=O) groups excluding carboxylic acids is 1. The topological polar surface area (TPSA) is 67.1 Å². The predicted molar refractivity (Wildman–Crippen MR) is 50.1 cm³/mol. The molecule has 0 spiro atoms. The molecule has 0 aromatic carbocycles. The maximum absolute atomic E-state index is 10.9. The van der Waals surface area contributed by atoms with Crippen molar-refractivity contribution in [3.05, 3.63) is 0 Å². The number of amides is 1. The Hall–Kier alpha value is -0.610. The van der Waals surface area contributed by atoms with E-state index >= 15 is 0 Å². The summed E-state index contributed by atoms with van der Waals surface area (Å²) in [5.74, 6) is 0.465. The lowest BCUT2D eigenvalue weighted by Gasteiger charge is -2.17. The van der Waals surface area contributed by atoms with E-state index in [1.54, 1.807) is 0 Å². The molecular formula is C9H17N3O. The maximum Gasteiger partial charge on any atom is 0.234 e. The second-order valence-electron chi connectivity index (χ2n) is 4.17. The molecule has 0 radical (unpaired) electrons. The molecule has 13 heavy (non-hydrogen) atoms. The molecule has 1 heterocycles. The van der Waals surface area contributed by atoms with E-state index in [2.05, 4.69) is 17.6 Å². The Kier molecular flexibility index (Phi) is 2.04. The SMILES string of the molecule is CCNCC12CC1CC(C(N)=O)N2. The summed E-state index contributed by atoms with van der Waals surface area (Å²) >= 11 is 0. The summed E-state index contributed by atoms with van der Waals surface area (Å²) in [4.78, 5) is 10.9. The van der Waals surface area contributed by atoms with E-state index in [-0.39, 0.29) is 17.5 Å². The van der Waals surface area contributed by atoms with Gasteiger partial charge in [0.1, 0.15) is 0 Å². The monoisotopic (exact) mass is 183 g/mol. The van der Waals surface area contributed by atoms with Crippen molar-refractivity contribution in [1.29, 1.82) is 0 Å². The van der Waals surface area contributed by atoms with Crippen LogP contribution in [0, 0.1) is 5.92 Å². The summed E-state index contributed by atoms with van der Waals surface area (Å²) in [6.45, 7) is 4.05. The molecular weight excluding hydrogens is 166 g/mol. The van der Waals surface area contributed by atoms with Crippen LogP contribution in [0.1, 0.15) is 19.8 Å². The minimum Gasteiger partial charge on any atom is -0.368 e. The fourth-order valence-electron chi connectivity index (χ4n) is 2.36. The smallest absolute Gasteiger partial charge is 0.234 e. The van der Waals surface area contributed by atoms with Crippen LogP contribution in [-0.4, -0.2) is 30.6 Å². The van der Waals surface area contributed by atoms with Gasteiger partial charge in [0.2, 0.25) is 5.91 Å². The van der Waals surface area contributed by atoms with E-state index in [4.69, 9.17) is 5.73 Å². The quantitative estimate of drug-likeness (QED) is 0.534. The van der Waals surface area contributed by atoms with Gasteiger partial charge in [0.05, 0.1) is 6.04 Å². The van der Waals surface area contributed by atoms with Gasteiger partial charge in [0.25, 0.3) is 0 Å². The number of hydrogen-bond acceptors (Lipinski definition) is 3. The van der Waals surface area contributed by atoms with Crippen molar-refractivity contribution >= 4 is 5.91 Å². The summed E-state index contributed by atoms with van der Waals surface area (Å²) in [6, 6.07) is -0.0857. The number of fused-ring (bicyclic) bond motifs is 1. The van der Waals surface area contributed by atoms with Crippen LogP contribution in [0.5, 0.6) is 0 Å². The van der Waals surface area contributed by atoms with Crippen molar-refractivity contribution < 1.29 is 4.79 Å². The largest absolute Gasteiger partial charge is 0.368 e. The van der Waals surface area contributed by atoms with Gasteiger partial charge in [-0.2, -0.15) is 0 Å². The lowest BCUT2D eigenvalue weighted by molar-refractivity contribution is -0.120. The number of hydrogen-bond donors (Lipinski definition) is 3. The second-order valence-corrected chi connectivity index (χ2v) is 4.17. The Labute approximate surface area is 78.2 Å². The highest BCUT2D eigenvalue weighted by Crippen LogP contribution is 2.51. The van der Waals surface area contributed by atoms with Crippen LogP contribution in [-0.2, 0) is 4.79 Å². The molecule has 0 aromatic heterocycles. The molecule has 4 N–H and O–H groups in total. The molecule has 3 unspecified atom stereocenters. The summed E-state index contributed by atoms with van der Waals surface area (Å²) in [7, 11) is 0. The minimum atomic E-state index is -0.205. The highest BCUT2D eigenvalue weighted by Gasteiger charge is 2.60. The average Bonchev–Trinajstić information content (AvgIpc) is 2.65. The number of primary amides is 1. The molecule has 3 atom stereocenters. The summed E-state index contributed by atoms with van der Waals surface area (Å²) in [5.41, 5.74) is 5.45. The molecule has 4 nitrogen and oxygen atoms in total. The fourth-order valence-corrected chi connectivity index (χ4v) is 2.36. The Balaban J connectivity index is 1.88. The molecule has 74 valence electrons. The van der Waals surface area contributed by atoms with Crippen LogP contribution in [0.3, 0.4) is 0 Å². The van der Waals surface area contributed by atoms with Crippen LogP contribution in [0.4, 0.5) is 0 Å². The van der Waals surface area contributed by atoms with E-state index in [0.717, 1.165) is 19.5 Å². The summed E-state index contributed by atoms with van der Waals surface area (Å²) in [6.07, 6.45) is 2.13. The van der Waals surface area contributed by atoms with Gasteiger partial charge in [-0.25, -0.2) is 0 Å². The van der Waals surface area contributed by atoms with Crippen molar-refractivity contribution in [2.24, 2.45) is 11.7 Å². The molecule has 4 heteroatoms. The number of nitrogens with one attached hydrogen (secondary N) is 2. The van der Waals surface area contributed by atoms with Gasteiger partial charge in [0.15, 0.2) is 0 Å². The van der Waals surface area contributed by atoms with Crippen molar-refractivity contribution in [3.63, 3.8) is 0 Å². The molecule has 0 bridgehead atoms. The van der Waals surface area contributed by atoms with Gasteiger partial charge in [-0.05, 0) is 25.3 Å². The first kappa shape index (κ1) is 8.97. The van der Waals surface area contributed by atoms with E-state index in [0.29, 0.717) is 5.92 Å². The summed E-state index contributed by atoms with van der Waals surface area (Å²) < 4.78 is 0. The fraction of sp³-hybridized carbons (Fsp3) is 0.889. The van der Waals surface area contributed by atoms with E-state index in [9.17, 15) is 4.79 Å². The molecule has 1 aliphatic carbocycles. The third-order valence-electron chi connectivity index (χ3n) is 3.25. The first-order valence-corrected chi connectivity index (χ1v) is 4.95. The molecule has 1 aliphatic heterocycles. The third-order valence-corrected chi connectivity index (χ3v) is 3.25. The number of rotatable bonds is 4. The second kappa shape index (κ2) is 2.96. The lowest BCUT2D eigenvalue weighted by atomic mass is 10.2. The highest BCUT2D eigenvalue weighted by molar-refractivity contribution is 5.80. The van der Waals surface area contributed by atoms with Crippen LogP contribution >= 0.6 is 0 Å². The van der Waals surface area contributed by atoms with Crippen LogP contribution in [0.15, 0.2) is 0 Å². The van der Waals surface area contributed by atoms with Crippen LogP contribution in [0.2, 0.25) is 0 Å². The number of piperidine rings is 1. The zero-order valence-corrected chi connectivity index (χ0v) is 7.97. The van der Waals surface area contributed by atoms with Crippen LogP contribution < -0.4 is 16.4 Å². The Bertz CT molecular complexity index is 231. The molecule has 1 saturated heterocycles. The molecule has 1 amide bonds. The van der Waals surface area contributed by atoms with Crippen molar-refractivity contribution in [2.75, 3.05) is 13.1 Å². The molecule has 2 fully saturated rings. The first-order chi connectivity index (χ1) is 6.18. The number of likely N-dealkylation sites (N-methyl/N-ethyl adjacent to an activating group) is 1. The van der Waals surface area contributed by atoms with Crippen molar-refractivity contribution in [2.45, 2.75) is 31.3 Å². The molecule has 2 rings (SSSR count). The van der Waals surface area contributed by atoms with Gasteiger partial charge in [0, 0.05) is 12.1 Å². The molecule has 0 aromatic rings. The van der Waals surface area contributed by atoms with E-state index < -0.39 is 0 Å². The van der Waals surface area contributed by atoms with Gasteiger partial charge >= 0.3 is 0 Å². The normalized spacial score (nSPS) is 41.6. The zero-order valence-electron chi connectivity index (χ0n) is 7.97. The minimum absolute atomic E-state index is 0.0857. The predicted octanol–water partition coefficient (Wildman–Crippen LogP) is -0.798. The van der Waals surface area contributed by atoms with Gasteiger partial charge < -0.3 is 11.1 Å². The average molecular weight is 183 g/mol. The van der Waals surface area contributed by atoms with E-state index in [1.165, 1.54) is 6.42 Å². The Morgan fingerprint density at radius 2 is 2.54 bits per heavy atom. The van der Waals surface area contributed by atoms with Crippen molar-refractivity contribution in [1.82, 2.24) is 10.6 Å². The summed E-state index contributed by atoms with van der Waals surface area (Å²) in [5, 5.41) is 6.66. The van der Waals surface area contributed by atoms with Gasteiger partial charge in [-0.1, -0.05) is 6.92 Å². The number of nitrogens with two attached hydrogens (primary N) is 1. The first-order valence-electron chi connectivity index (χ1n) is 4.95. The van der Waals surface area contributed by atoms with Crippen LogP contribution in [0.25, 0.3) is 0 Å². The zero-order chi connectivity index (χ0) is 9.47. The molecule has 1 saturated carbocycles. The highest BCUT2D eigenvalue weighted by atomic mass is 16.1. The third kappa shape index (κ3) is 1.44. The van der Waals surface area contributed by atoms with E-state index in [1.807, 2.05) is 0 Å². The Morgan fingerprint density at radius 1 is 1.77 bits per heavy atom. The maximum atomic E-state index is 10.9. The lowest BCUT2D eigenvalue weighted by Crippen LogP contribution is -2.47. The van der Waals surface area contributed by atoms with Gasteiger partial charge in [-0.3, -0.25) is 10.1 Å². The molecule has 2 aliphatic rings. The van der Waals surface area contributed by atoms with Gasteiger partial charge in [-0.15, -0.1) is 0 Å². The Morgan fingerprint density at radius 3 is 3.08 bits per heavy atom.